The van der Waals surface area contributed by atoms with Gasteiger partial charge in [0.05, 0.1) is 0 Å². The Kier molecular flexibility index (Phi) is 5.11. The van der Waals surface area contributed by atoms with Crippen molar-refractivity contribution in [1.82, 2.24) is 14.8 Å². The Balaban J connectivity index is 1.90. The summed E-state index contributed by atoms with van der Waals surface area (Å²) in [6.07, 6.45) is 1.82. The predicted molar refractivity (Wildman–Crippen MR) is 96.4 cm³/mol. The van der Waals surface area contributed by atoms with Crippen molar-refractivity contribution in [2.45, 2.75) is 24.4 Å². The molecule has 0 aliphatic carbocycles. The molecule has 3 aromatic rings. The normalized spacial score (nSPS) is 10.8. The van der Waals surface area contributed by atoms with Crippen molar-refractivity contribution in [3.05, 3.63) is 78.1 Å². The van der Waals surface area contributed by atoms with Gasteiger partial charge in [0.25, 0.3) is 0 Å². The molecule has 1 heterocycles. The van der Waals surface area contributed by atoms with E-state index in [9.17, 15) is 4.39 Å². The lowest BCUT2D eigenvalue weighted by Gasteiger charge is -2.09. The van der Waals surface area contributed by atoms with Gasteiger partial charge in [-0.1, -0.05) is 60.3 Å². The van der Waals surface area contributed by atoms with Gasteiger partial charge in [0.2, 0.25) is 0 Å². The number of rotatable bonds is 6. The number of halogens is 1. The van der Waals surface area contributed by atoms with Crippen molar-refractivity contribution in [3.8, 4) is 11.4 Å². The van der Waals surface area contributed by atoms with Crippen LogP contribution in [0.2, 0.25) is 0 Å². The maximum absolute atomic E-state index is 13.8. The summed E-state index contributed by atoms with van der Waals surface area (Å²) < 4.78 is 15.8. The first-order valence-electron chi connectivity index (χ1n) is 7.67. The van der Waals surface area contributed by atoms with Gasteiger partial charge in [-0.05, 0) is 24.1 Å². The minimum absolute atomic E-state index is 0.195. The monoisotopic (exact) mass is 339 g/mol. The smallest absolute Gasteiger partial charge is 0.192 e. The Hall–Kier alpha value is -2.40. The summed E-state index contributed by atoms with van der Waals surface area (Å²) in [6, 6.07) is 14.9. The van der Waals surface area contributed by atoms with Crippen LogP contribution in [0.1, 0.15) is 11.1 Å². The Labute approximate surface area is 145 Å². The zero-order valence-electron chi connectivity index (χ0n) is 13.4. The molecule has 0 unspecified atom stereocenters. The van der Waals surface area contributed by atoms with Crippen LogP contribution in [0.3, 0.4) is 0 Å². The maximum Gasteiger partial charge on any atom is 0.192 e. The standard InChI is InChI=1S/C19H18FN3S/c1-3-12-23-18(16-10-6-4-8-14(16)2)21-22-19(23)24-13-15-9-5-7-11-17(15)20/h3-11H,1,12-13H2,2H3. The fraction of sp³-hybridized carbons (Fsp3) is 0.158. The Morgan fingerprint density at radius 3 is 2.62 bits per heavy atom. The molecule has 0 atom stereocenters. The Morgan fingerprint density at radius 2 is 1.88 bits per heavy atom. The zero-order valence-corrected chi connectivity index (χ0v) is 14.3. The summed E-state index contributed by atoms with van der Waals surface area (Å²) in [7, 11) is 0. The molecule has 2 aromatic carbocycles. The maximum atomic E-state index is 13.8. The molecule has 0 saturated carbocycles. The highest BCUT2D eigenvalue weighted by Crippen LogP contribution is 2.28. The minimum Gasteiger partial charge on any atom is -0.298 e. The van der Waals surface area contributed by atoms with Crippen molar-refractivity contribution in [2.24, 2.45) is 0 Å². The second-order valence-corrected chi connectivity index (χ2v) is 6.34. The predicted octanol–water partition coefficient (Wildman–Crippen LogP) is 4.87. The number of allylic oxidation sites excluding steroid dienone is 1. The first-order chi connectivity index (χ1) is 11.7. The van der Waals surface area contributed by atoms with E-state index in [0.717, 1.165) is 22.1 Å². The van der Waals surface area contributed by atoms with Crippen LogP contribution in [0.15, 0.2) is 66.3 Å². The van der Waals surface area contributed by atoms with E-state index in [2.05, 4.69) is 29.8 Å². The van der Waals surface area contributed by atoms with Crippen molar-refractivity contribution in [3.63, 3.8) is 0 Å². The van der Waals surface area contributed by atoms with Crippen LogP contribution in [-0.2, 0) is 12.3 Å². The highest BCUT2D eigenvalue weighted by atomic mass is 32.2. The molecule has 0 spiro atoms. The summed E-state index contributed by atoms with van der Waals surface area (Å²) in [5, 5.41) is 9.41. The summed E-state index contributed by atoms with van der Waals surface area (Å²) in [6.45, 7) is 6.48. The fourth-order valence-corrected chi connectivity index (χ4v) is 3.40. The van der Waals surface area contributed by atoms with Crippen LogP contribution in [-0.4, -0.2) is 14.8 Å². The largest absolute Gasteiger partial charge is 0.298 e. The third-order valence-corrected chi connectivity index (χ3v) is 4.74. The Bertz CT molecular complexity index is 857. The van der Waals surface area contributed by atoms with Gasteiger partial charge in [-0.15, -0.1) is 16.8 Å². The molecule has 1 aromatic heterocycles. The SMILES string of the molecule is C=CCn1c(SCc2ccccc2F)nnc1-c1ccccc1C. The van der Waals surface area contributed by atoms with Crippen LogP contribution in [0.25, 0.3) is 11.4 Å². The van der Waals surface area contributed by atoms with E-state index in [1.165, 1.54) is 17.8 Å². The lowest BCUT2D eigenvalue weighted by molar-refractivity contribution is 0.617. The van der Waals surface area contributed by atoms with Crippen molar-refractivity contribution in [2.75, 3.05) is 0 Å². The third kappa shape index (κ3) is 3.41. The van der Waals surface area contributed by atoms with Crippen LogP contribution in [0.4, 0.5) is 4.39 Å². The van der Waals surface area contributed by atoms with Crippen LogP contribution in [0, 0.1) is 12.7 Å². The summed E-state index contributed by atoms with van der Waals surface area (Å²) in [5.41, 5.74) is 2.85. The second kappa shape index (κ2) is 7.45. The van der Waals surface area contributed by atoms with Crippen LogP contribution >= 0.6 is 11.8 Å². The topological polar surface area (TPSA) is 30.7 Å². The van der Waals surface area contributed by atoms with Crippen molar-refractivity contribution < 1.29 is 4.39 Å². The van der Waals surface area contributed by atoms with E-state index in [1.807, 2.05) is 34.9 Å². The highest BCUT2D eigenvalue weighted by Gasteiger charge is 2.15. The lowest BCUT2D eigenvalue weighted by atomic mass is 10.1. The van der Waals surface area contributed by atoms with Gasteiger partial charge < -0.3 is 0 Å². The Morgan fingerprint density at radius 1 is 1.12 bits per heavy atom. The quantitative estimate of drug-likeness (QED) is 0.474. The van der Waals surface area contributed by atoms with E-state index in [-0.39, 0.29) is 5.82 Å². The van der Waals surface area contributed by atoms with Crippen LogP contribution in [0.5, 0.6) is 0 Å². The number of aromatic nitrogens is 3. The van der Waals surface area contributed by atoms with E-state index in [1.54, 1.807) is 12.1 Å². The molecule has 0 radical (unpaired) electrons. The molecule has 0 aliphatic heterocycles. The highest BCUT2D eigenvalue weighted by molar-refractivity contribution is 7.98. The molecule has 24 heavy (non-hydrogen) atoms. The fourth-order valence-electron chi connectivity index (χ4n) is 2.47. The van der Waals surface area contributed by atoms with Crippen molar-refractivity contribution >= 4 is 11.8 Å². The van der Waals surface area contributed by atoms with Crippen molar-refractivity contribution in [1.29, 1.82) is 0 Å². The molecule has 0 N–H and O–H groups in total. The molecular weight excluding hydrogens is 321 g/mol. The summed E-state index contributed by atoms with van der Waals surface area (Å²) in [5.74, 6) is 1.12. The van der Waals surface area contributed by atoms with E-state index in [0.29, 0.717) is 17.9 Å². The molecule has 5 heteroatoms. The number of benzene rings is 2. The van der Waals surface area contributed by atoms with E-state index >= 15 is 0 Å². The van der Waals surface area contributed by atoms with E-state index < -0.39 is 0 Å². The van der Waals surface area contributed by atoms with Crippen LogP contribution < -0.4 is 0 Å². The van der Waals surface area contributed by atoms with Gasteiger partial charge in [0.15, 0.2) is 11.0 Å². The van der Waals surface area contributed by atoms with Gasteiger partial charge in [0.1, 0.15) is 5.82 Å². The van der Waals surface area contributed by atoms with Gasteiger partial charge in [-0.2, -0.15) is 0 Å². The van der Waals surface area contributed by atoms with Gasteiger partial charge in [0, 0.05) is 17.9 Å². The molecule has 3 nitrogen and oxygen atoms in total. The second-order valence-electron chi connectivity index (χ2n) is 5.40. The van der Waals surface area contributed by atoms with E-state index in [4.69, 9.17) is 0 Å². The lowest BCUT2D eigenvalue weighted by Crippen LogP contribution is -2.01. The molecule has 0 amide bonds. The average molecular weight is 339 g/mol. The summed E-state index contributed by atoms with van der Waals surface area (Å²) >= 11 is 1.48. The number of aryl methyl sites for hydroxylation is 1. The first kappa shape index (κ1) is 16.5. The molecule has 0 saturated heterocycles. The average Bonchev–Trinajstić information content (AvgIpc) is 2.98. The molecule has 122 valence electrons. The summed E-state index contributed by atoms with van der Waals surface area (Å²) in [4.78, 5) is 0. The zero-order chi connectivity index (χ0) is 16.9. The molecule has 3 rings (SSSR count). The third-order valence-electron chi connectivity index (χ3n) is 3.73. The number of thioether (sulfide) groups is 1. The molecule has 0 aliphatic rings. The molecular formula is C19H18FN3S. The minimum atomic E-state index is -0.195. The molecule has 0 fully saturated rings. The van der Waals surface area contributed by atoms with Gasteiger partial charge in [-0.3, -0.25) is 4.57 Å². The van der Waals surface area contributed by atoms with Gasteiger partial charge >= 0.3 is 0 Å². The van der Waals surface area contributed by atoms with Gasteiger partial charge in [-0.25, -0.2) is 4.39 Å². The first-order valence-corrected chi connectivity index (χ1v) is 8.65. The number of hydrogen-bond acceptors (Lipinski definition) is 3. The molecule has 0 bridgehead atoms. The number of nitrogens with zero attached hydrogens (tertiary/aromatic N) is 3. The number of hydrogen-bond donors (Lipinski definition) is 0.